The van der Waals surface area contributed by atoms with E-state index in [9.17, 15) is 13.5 Å². The van der Waals surface area contributed by atoms with Gasteiger partial charge in [0, 0.05) is 0 Å². The summed E-state index contributed by atoms with van der Waals surface area (Å²) < 4.78 is 41.1. The number of rotatable bonds is 10. The summed E-state index contributed by atoms with van der Waals surface area (Å²) in [6.07, 6.45) is 0.716. The van der Waals surface area contributed by atoms with Crippen LogP contribution in [0.1, 0.15) is 50.5 Å². The third-order valence-corrected chi connectivity index (χ3v) is 7.72. The molecule has 0 bridgehead atoms. The Morgan fingerprint density at radius 3 is 2.10 bits per heavy atom. The zero-order valence-electron chi connectivity index (χ0n) is 23.4. The maximum Gasteiger partial charge on any atom is 0.263 e. The van der Waals surface area contributed by atoms with Crippen LogP contribution in [0, 0.1) is 6.92 Å². The van der Waals surface area contributed by atoms with Crippen LogP contribution < -0.4 is 14.2 Å². The summed E-state index contributed by atoms with van der Waals surface area (Å²) in [5, 5.41) is 9.67. The first-order chi connectivity index (χ1) is 18.9. The fourth-order valence-corrected chi connectivity index (χ4v) is 5.02. The molecule has 0 fully saturated rings. The number of hydrogen-bond donors (Lipinski definition) is 2. The number of aromatic nitrogens is 2. The van der Waals surface area contributed by atoms with E-state index in [4.69, 9.17) is 9.47 Å². The molecular formula is C31H35N3O5S. The molecule has 1 unspecified atom stereocenters. The van der Waals surface area contributed by atoms with Crippen molar-refractivity contribution < 1.29 is 23.0 Å². The summed E-state index contributed by atoms with van der Waals surface area (Å²) >= 11 is 0. The highest BCUT2D eigenvalue weighted by Gasteiger charge is 2.22. The minimum atomic E-state index is -3.94. The number of nitrogens with zero attached hydrogens (tertiary/aromatic N) is 2. The van der Waals surface area contributed by atoms with Crippen molar-refractivity contribution in [3.8, 4) is 22.8 Å². The van der Waals surface area contributed by atoms with E-state index in [1.807, 2.05) is 43.3 Å². The molecule has 210 valence electrons. The van der Waals surface area contributed by atoms with Crippen molar-refractivity contribution in [2.45, 2.75) is 51.0 Å². The number of aliphatic hydroxyl groups excluding tert-OH is 1. The van der Waals surface area contributed by atoms with Gasteiger partial charge in [0.1, 0.15) is 25.3 Å². The fourth-order valence-electron chi connectivity index (χ4n) is 4.00. The number of anilines is 1. The molecule has 0 amide bonds. The molecule has 0 aliphatic heterocycles. The summed E-state index contributed by atoms with van der Waals surface area (Å²) in [4.78, 5) is 8.71. The van der Waals surface area contributed by atoms with Gasteiger partial charge in [0.25, 0.3) is 10.0 Å². The van der Waals surface area contributed by atoms with E-state index in [1.165, 1.54) is 6.33 Å². The number of ether oxygens (including phenoxy) is 2. The maximum absolute atomic E-state index is 13.3. The highest BCUT2D eigenvalue weighted by atomic mass is 32.2. The molecular weight excluding hydrogens is 526 g/mol. The molecule has 0 saturated carbocycles. The molecule has 1 aromatic heterocycles. The predicted molar refractivity (Wildman–Crippen MR) is 156 cm³/mol. The van der Waals surface area contributed by atoms with Crippen LogP contribution in [0.5, 0.6) is 11.6 Å². The smallest absolute Gasteiger partial charge is 0.263 e. The van der Waals surface area contributed by atoms with Gasteiger partial charge in [0.05, 0.1) is 16.6 Å². The highest BCUT2D eigenvalue weighted by Crippen LogP contribution is 2.35. The largest absolute Gasteiger partial charge is 0.490 e. The lowest BCUT2D eigenvalue weighted by atomic mass is 9.87. The first kappa shape index (κ1) is 29.0. The lowest BCUT2D eigenvalue weighted by Crippen LogP contribution is -2.17. The third-order valence-electron chi connectivity index (χ3n) is 6.37. The summed E-state index contributed by atoms with van der Waals surface area (Å²) in [6.45, 7) is 10.3. The van der Waals surface area contributed by atoms with E-state index >= 15 is 0 Å². The van der Waals surface area contributed by atoms with Gasteiger partial charge in [0.2, 0.25) is 5.88 Å². The number of aryl methyl sites for hydroxylation is 1. The molecule has 0 aliphatic carbocycles. The summed E-state index contributed by atoms with van der Waals surface area (Å²) in [6, 6.07) is 21.6. The number of hydrogen-bond acceptors (Lipinski definition) is 7. The lowest BCUT2D eigenvalue weighted by Gasteiger charge is -2.19. The van der Waals surface area contributed by atoms with Crippen molar-refractivity contribution in [3.63, 3.8) is 0 Å². The SMILES string of the molecule is Cc1ccc(-c2c(NS(=O)(=O)c3ccc(C(C)(C)C)cc3)ncnc2OCCOc2ccc(C(C)O)cc2)cc1. The fraction of sp³-hybridized carbons (Fsp3) is 0.290. The van der Waals surface area contributed by atoms with Crippen molar-refractivity contribution in [2.24, 2.45) is 0 Å². The van der Waals surface area contributed by atoms with Crippen molar-refractivity contribution in [3.05, 3.63) is 95.8 Å². The molecule has 0 aliphatic rings. The van der Waals surface area contributed by atoms with Gasteiger partial charge < -0.3 is 14.6 Å². The van der Waals surface area contributed by atoms with Gasteiger partial charge in [-0.1, -0.05) is 74.9 Å². The lowest BCUT2D eigenvalue weighted by molar-refractivity contribution is 0.198. The molecule has 3 aromatic carbocycles. The summed E-state index contributed by atoms with van der Waals surface area (Å²) in [7, 11) is -3.94. The van der Waals surface area contributed by atoms with Crippen molar-refractivity contribution in [2.75, 3.05) is 17.9 Å². The van der Waals surface area contributed by atoms with Gasteiger partial charge >= 0.3 is 0 Å². The van der Waals surface area contributed by atoms with Crippen LogP contribution in [0.3, 0.4) is 0 Å². The number of aliphatic hydroxyl groups is 1. The molecule has 2 N–H and O–H groups in total. The normalized spacial score (nSPS) is 12.6. The predicted octanol–water partition coefficient (Wildman–Crippen LogP) is 6.06. The second-order valence-corrected chi connectivity index (χ2v) is 12.3. The number of benzene rings is 3. The first-order valence-corrected chi connectivity index (χ1v) is 14.5. The Morgan fingerprint density at radius 2 is 1.50 bits per heavy atom. The zero-order valence-corrected chi connectivity index (χ0v) is 24.2. The molecule has 0 saturated heterocycles. The minimum absolute atomic E-state index is 0.0988. The molecule has 8 nitrogen and oxygen atoms in total. The molecule has 1 atom stereocenters. The monoisotopic (exact) mass is 561 g/mol. The first-order valence-electron chi connectivity index (χ1n) is 13.0. The van der Waals surface area contributed by atoms with E-state index in [0.29, 0.717) is 16.9 Å². The molecule has 0 spiro atoms. The number of sulfonamides is 1. The number of nitrogens with one attached hydrogen (secondary N) is 1. The highest BCUT2D eigenvalue weighted by molar-refractivity contribution is 7.92. The molecule has 9 heteroatoms. The van der Waals surface area contributed by atoms with Crippen LogP contribution >= 0.6 is 0 Å². The van der Waals surface area contributed by atoms with E-state index in [1.54, 1.807) is 43.3 Å². The average Bonchev–Trinajstić information content (AvgIpc) is 2.91. The van der Waals surface area contributed by atoms with Gasteiger partial charge in [-0.05, 0) is 60.2 Å². The Hall–Kier alpha value is -3.95. The van der Waals surface area contributed by atoms with Crippen LogP contribution in [-0.4, -0.2) is 36.7 Å². The standard InChI is InChI=1S/C31H35N3O5S/c1-21-6-8-24(9-7-21)28-29(34-40(36,37)27-16-12-25(13-17-27)31(3,4)5)32-20-33-30(28)39-19-18-38-26-14-10-23(11-15-26)22(2)35/h6-17,20,22,35H,18-19H2,1-5H3,(H,32,33,34). The van der Waals surface area contributed by atoms with Gasteiger partial charge in [-0.3, -0.25) is 4.72 Å². The van der Waals surface area contributed by atoms with E-state index < -0.39 is 16.1 Å². The average molecular weight is 562 g/mol. The second kappa shape index (κ2) is 12.1. The Kier molecular flexibility index (Phi) is 8.76. The van der Waals surface area contributed by atoms with Crippen LogP contribution in [0.2, 0.25) is 0 Å². The van der Waals surface area contributed by atoms with Crippen molar-refractivity contribution in [1.82, 2.24) is 9.97 Å². The molecule has 4 rings (SSSR count). The van der Waals surface area contributed by atoms with Crippen molar-refractivity contribution >= 4 is 15.8 Å². The molecule has 1 heterocycles. The Balaban J connectivity index is 1.56. The molecule has 40 heavy (non-hydrogen) atoms. The Bertz CT molecular complexity index is 1530. The van der Waals surface area contributed by atoms with Gasteiger partial charge in [-0.2, -0.15) is 0 Å². The maximum atomic E-state index is 13.3. The third kappa shape index (κ3) is 7.16. The molecule has 0 radical (unpaired) electrons. The minimum Gasteiger partial charge on any atom is -0.490 e. The topological polar surface area (TPSA) is 111 Å². The summed E-state index contributed by atoms with van der Waals surface area (Å²) in [5.41, 5.74) is 3.92. The van der Waals surface area contributed by atoms with E-state index in [0.717, 1.165) is 16.7 Å². The van der Waals surface area contributed by atoms with Gasteiger partial charge in [-0.15, -0.1) is 0 Å². The zero-order chi connectivity index (χ0) is 28.9. The second-order valence-electron chi connectivity index (χ2n) is 10.6. The molecule has 4 aromatic rings. The summed E-state index contributed by atoms with van der Waals surface area (Å²) in [5.74, 6) is 0.983. The van der Waals surface area contributed by atoms with Crippen LogP contribution in [0.25, 0.3) is 11.1 Å². The van der Waals surface area contributed by atoms with Crippen LogP contribution in [-0.2, 0) is 15.4 Å². The quantitative estimate of drug-likeness (QED) is 0.226. The van der Waals surface area contributed by atoms with Gasteiger partial charge in [-0.25, -0.2) is 18.4 Å². The Labute approximate surface area is 236 Å². The van der Waals surface area contributed by atoms with E-state index in [2.05, 4.69) is 35.5 Å². The van der Waals surface area contributed by atoms with Crippen LogP contribution in [0.15, 0.2) is 84.0 Å². The van der Waals surface area contributed by atoms with E-state index in [-0.39, 0.29) is 35.2 Å². The Morgan fingerprint density at radius 1 is 0.875 bits per heavy atom. The van der Waals surface area contributed by atoms with Crippen LogP contribution in [0.4, 0.5) is 5.82 Å². The van der Waals surface area contributed by atoms with Gasteiger partial charge in [0.15, 0.2) is 5.82 Å². The van der Waals surface area contributed by atoms with Crippen molar-refractivity contribution in [1.29, 1.82) is 0 Å².